The molecule has 0 heterocycles. The summed E-state index contributed by atoms with van der Waals surface area (Å²) in [7, 11) is 1.33. The van der Waals surface area contributed by atoms with Gasteiger partial charge in [0.15, 0.2) is 0 Å². The van der Waals surface area contributed by atoms with Gasteiger partial charge in [-0.05, 0) is 104 Å². The third-order valence-corrected chi connectivity index (χ3v) is 7.50. The molecule has 32 heavy (non-hydrogen) atoms. The van der Waals surface area contributed by atoms with Crippen LogP contribution in [-0.2, 0) is 14.9 Å². The van der Waals surface area contributed by atoms with Gasteiger partial charge in [-0.3, -0.25) is 4.79 Å². The Kier molecular flexibility index (Phi) is 5.50. The van der Waals surface area contributed by atoms with Crippen LogP contribution in [-0.4, -0.2) is 19.0 Å². The third-order valence-electron chi connectivity index (χ3n) is 7.50. The Morgan fingerprint density at radius 1 is 0.906 bits per heavy atom. The summed E-state index contributed by atoms with van der Waals surface area (Å²) in [5, 5.41) is 2.74. The van der Waals surface area contributed by atoms with E-state index < -0.39 is 5.97 Å². The monoisotopic (exact) mass is 431 g/mol. The van der Waals surface area contributed by atoms with E-state index in [1.807, 2.05) is 12.1 Å². The molecule has 1 N–H and O–H groups in total. The van der Waals surface area contributed by atoms with Gasteiger partial charge in [-0.25, -0.2) is 4.79 Å². The van der Waals surface area contributed by atoms with Gasteiger partial charge in [0.2, 0.25) is 0 Å². The number of methoxy groups -OCH3 is 1. The molecule has 0 spiro atoms. The van der Waals surface area contributed by atoms with Gasteiger partial charge >= 0.3 is 5.97 Å². The molecule has 4 aliphatic carbocycles. The first-order valence-corrected chi connectivity index (χ1v) is 11.5. The van der Waals surface area contributed by atoms with Crippen LogP contribution >= 0.6 is 0 Å². The fourth-order valence-electron chi connectivity index (χ4n) is 6.52. The number of hydrogen-bond acceptors (Lipinski definition) is 4. The first kappa shape index (κ1) is 20.8. The Bertz CT molecular complexity index is 987. The highest BCUT2D eigenvalue weighted by molar-refractivity contribution is 5.99. The molecule has 4 fully saturated rings. The summed E-state index contributed by atoms with van der Waals surface area (Å²) >= 11 is 0. The van der Waals surface area contributed by atoms with Crippen molar-refractivity contribution in [2.75, 3.05) is 12.4 Å². The lowest BCUT2D eigenvalue weighted by Gasteiger charge is -2.57. The fraction of sp³-hybridized carbons (Fsp3) is 0.407. The SMILES string of the molecule is COC(=O)c1ccc(NC(=O)/C=C/Oc2ccc(C34CC5CC(CC(C5)C3)C4)cc2)cc1. The molecule has 0 aromatic heterocycles. The number of esters is 1. The molecule has 0 radical (unpaired) electrons. The van der Waals surface area contributed by atoms with Crippen molar-refractivity contribution in [1.29, 1.82) is 0 Å². The van der Waals surface area contributed by atoms with E-state index in [0.29, 0.717) is 16.7 Å². The summed E-state index contributed by atoms with van der Waals surface area (Å²) < 4.78 is 10.3. The number of hydrogen-bond donors (Lipinski definition) is 1. The van der Waals surface area contributed by atoms with Crippen molar-refractivity contribution in [3.63, 3.8) is 0 Å². The van der Waals surface area contributed by atoms with Crippen LogP contribution in [0.3, 0.4) is 0 Å². The van der Waals surface area contributed by atoms with Gasteiger partial charge in [-0.1, -0.05) is 12.1 Å². The number of benzene rings is 2. The molecule has 4 bridgehead atoms. The van der Waals surface area contributed by atoms with Crippen molar-refractivity contribution in [1.82, 2.24) is 0 Å². The smallest absolute Gasteiger partial charge is 0.337 e. The zero-order valence-corrected chi connectivity index (χ0v) is 18.4. The standard InChI is InChI=1S/C27H29NO4/c1-31-26(30)21-2-6-23(7-3-21)28-25(29)10-11-32-24-8-4-22(5-9-24)27-15-18-12-19(16-27)14-20(13-18)17-27/h2-11,18-20H,12-17H2,1H3,(H,28,29)/b11-10+. The first-order valence-electron chi connectivity index (χ1n) is 11.5. The maximum absolute atomic E-state index is 12.1. The van der Waals surface area contributed by atoms with Gasteiger partial charge < -0.3 is 14.8 Å². The van der Waals surface area contributed by atoms with Crippen LogP contribution in [0.5, 0.6) is 5.75 Å². The van der Waals surface area contributed by atoms with E-state index in [4.69, 9.17) is 4.74 Å². The highest BCUT2D eigenvalue weighted by Crippen LogP contribution is 2.60. The van der Waals surface area contributed by atoms with Gasteiger partial charge in [0.1, 0.15) is 5.75 Å². The molecule has 4 aliphatic rings. The quantitative estimate of drug-likeness (QED) is 0.374. The number of nitrogens with one attached hydrogen (secondary N) is 1. The van der Waals surface area contributed by atoms with Gasteiger partial charge in [-0.2, -0.15) is 0 Å². The normalized spacial score (nSPS) is 28.0. The van der Waals surface area contributed by atoms with E-state index in [0.717, 1.165) is 23.5 Å². The molecule has 2 aromatic rings. The average Bonchev–Trinajstić information content (AvgIpc) is 2.78. The zero-order valence-electron chi connectivity index (χ0n) is 18.4. The molecule has 0 unspecified atom stereocenters. The van der Waals surface area contributed by atoms with Crippen LogP contribution in [0, 0.1) is 17.8 Å². The molecule has 6 rings (SSSR count). The van der Waals surface area contributed by atoms with E-state index >= 15 is 0 Å². The van der Waals surface area contributed by atoms with E-state index in [-0.39, 0.29) is 5.91 Å². The summed E-state index contributed by atoms with van der Waals surface area (Å²) in [6.07, 6.45) is 11.1. The molecular weight excluding hydrogens is 402 g/mol. The molecule has 1 amide bonds. The van der Waals surface area contributed by atoms with Crippen LogP contribution in [0.4, 0.5) is 5.69 Å². The highest BCUT2D eigenvalue weighted by atomic mass is 16.5. The number of anilines is 1. The molecule has 5 nitrogen and oxygen atoms in total. The molecule has 5 heteroatoms. The van der Waals surface area contributed by atoms with Gasteiger partial charge in [0.05, 0.1) is 18.9 Å². The van der Waals surface area contributed by atoms with Crippen molar-refractivity contribution in [2.45, 2.75) is 43.9 Å². The first-order chi connectivity index (χ1) is 15.5. The molecule has 2 aromatic carbocycles. The predicted octanol–water partition coefficient (Wildman–Crippen LogP) is 5.47. The van der Waals surface area contributed by atoms with E-state index in [2.05, 4.69) is 22.2 Å². The van der Waals surface area contributed by atoms with E-state index in [9.17, 15) is 9.59 Å². The van der Waals surface area contributed by atoms with Crippen LogP contribution in [0.1, 0.15) is 54.4 Å². The lowest BCUT2D eigenvalue weighted by Crippen LogP contribution is -2.48. The van der Waals surface area contributed by atoms with Crippen molar-refractivity contribution < 1.29 is 19.1 Å². The van der Waals surface area contributed by atoms with Crippen LogP contribution in [0.2, 0.25) is 0 Å². The second kappa shape index (κ2) is 8.45. The number of carbonyl (C=O) groups is 2. The van der Waals surface area contributed by atoms with E-state index in [1.165, 1.54) is 63.5 Å². The van der Waals surface area contributed by atoms with Gasteiger partial charge in [0.25, 0.3) is 5.91 Å². The molecule has 0 aliphatic heterocycles. The zero-order chi connectivity index (χ0) is 22.1. The molecule has 166 valence electrons. The fourth-order valence-corrected chi connectivity index (χ4v) is 6.52. The van der Waals surface area contributed by atoms with Crippen LogP contribution in [0.25, 0.3) is 0 Å². The van der Waals surface area contributed by atoms with Crippen LogP contribution in [0.15, 0.2) is 60.9 Å². The van der Waals surface area contributed by atoms with Gasteiger partial charge in [-0.15, -0.1) is 0 Å². The van der Waals surface area contributed by atoms with Crippen molar-refractivity contribution in [2.24, 2.45) is 17.8 Å². The Balaban J connectivity index is 1.16. The van der Waals surface area contributed by atoms with Crippen molar-refractivity contribution in [3.05, 3.63) is 72.0 Å². The minimum atomic E-state index is -0.412. The van der Waals surface area contributed by atoms with Gasteiger partial charge in [0, 0.05) is 11.8 Å². The Morgan fingerprint density at radius 2 is 1.50 bits per heavy atom. The third kappa shape index (κ3) is 4.16. The second-order valence-electron chi connectivity index (χ2n) is 9.70. The van der Waals surface area contributed by atoms with Crippen molar-refractivity contribution >= 4 is 17.6 Å². The summed E-state index contributed by atoms with van der Waals surface area (Å²) in [4.78, 5) is 23.6. The number of ether oxygens (including phenoxy) is 2. The molecular formula is C27H29NO4. The summed E-state index contributed by atoms with van der Waals surface area (Å²) in [6, 6.07) is 15.0. The summed E-state index contributed by atoms with van der Waals surface area (Å²) in [5.41, 5.74) is 2.86. The minimum absolute atomic E-state index is 0.305. The molecule has 0 saturated heterocycles. The average molecular weight is 432 g/mol. The maximum atomic E-state index is 12.1. The largest absolute Gasteiger partial charge is 0.465 e. The van der Waals surface area contributed by atoms with Crippen molar-refractivity contribution in [3.8, 4) is 5.75 Å². The molecule has 0 atom stereocenters. The topological polar surface area (TPSA) is 64.6 Å². The molecule has 4 saturated carbocycles. The second-order valence-corrected chi connectivity index (χ2v) is 9.70. The number of amides is 1. The lowest BCUT2D eigenvalue weighted by molar-refractivity contribution is -0.112. The predicted molar refractivity (Wildman–Crippen MR) is 122 cm³/mol. The van der Waals surface area contributed by atoms with E-state index in [1.54, 1.807) is 24.3 Å². The maximum Gasteiger partial charge on any atom is 0.337 e. The van der Waals surface area contributed by atoms with Crippen LogP contribution < -0.4 is 10.1 Å². The number of carbonyl (C=O) groups excluding carboxylic acids is 2. The summed E-state index contributed by atoms with van der Waals surface area (Å²) in [6.45, 7) is 0. The Hall–Kier alpha value is -3.08. The lowest BCUT2D eigenvalue weighted by atomic mass is 9.48. The highest BCUT2D eigenvalue weighted by Gasteiger charge is 2.51. The Morgan fingerprint density at radius 3 is 2.06 bits per heavy atom. The Labute approximate surface area is 188 Å². The summed E-state index contributed by atoms with van der Waals surface area (Å²) in [5.74, 6) is 2.79. The number of rotatable bonds is 6. The minimum Gasteiger partial charge on any atom is -0.465 e.